The lowest BCUT2D eigenvalue weighted by molar-refractivity contribution is 0.0378. The quantitative estimate of drug-likeness (QED) is 0.839. The third-order valence-electron chi connectivity index (χ3n) is 3.64. The topological polar surface area (TPSA) is 50.3 Å². The summed E-state index contributed by atoms with van der Waals surface area (Å²) in [6.07, 6.45) is 2.71. The molecule has 2 aromatic rings. The highest BCUT2D eigenvalue weighted by molar-refractivity contribution is 9.10. The Morgan fingerprint density at radius 3 is 2.95 bits per heavy atom. The van der Waals surface area contributed by atoms with E-state index in [0.717, 1.165) is 67.0 Å². The summed E-state index contributed by atoms with van der Waals surface area (Å²) >= 11 is 3.50. The first-order valence-electron chi connectivity index (χ1n) is 7.27. The molecule has 5 nitrogen and oxygen atoms in total. The maximum atomic E-state index is 5.36. The summed E-state index contributed by atoms with van der Waals surface area (Å²) in [6, 6.07) is 6.05. The molecule has 0 atom stereocenters. The van der Waals surface area contributed by atoms with Crippen LogP contribution in [0.3, 0.4) is 0 Å². The van der Waals surface area contributed by atoms with E-state index in [1.54, 1.807) is 6.33 Å². The zero-order chi connectivity index (χ0) is 14.5. The van der Waals surface area contributed by atoms with Gasteiger partial charge in [-0.15, -0.1) is 0 Å². The van der Waals surface area contributed by atoms with Crippen molar-refractivity contribution in [3.63, 3.8) is 0 Å². The zero-order valence-electron chi connectivity index (χ0n) is 11.9. The third-order valence-corrected chi connectivity index (χ3v) is 4.14. The highest BCUT2D eigenvalue weighted by atomic mass is 79.9. The second-order valence-electron chi connectivity index (χ2n) is 5.12. The smallest absolute Gasteiger partial charge is 0.137 e. The summed E-state index contributed by atoms with van der Waals surface area (Å²) in [7, 11) is 0. The van der Waals surface area contributed by atoms with Crippen molar-refractivity contribution in [2.24, 2.45) is 0 Å². The monoisotopic (exact) mass is 350 g/mol. The van der Waals surface area contributed by atoms with Crippen molar-refractivity contribution >= 4 is 32.7 Å². The predicted octanol–water partition coefficient (Wildman–Crippen LogP) is 2.53. The molecule has 6 heteroatoms. The molecule has 1 saturated heterocycles. The number of nitrogens with one attached hydrogen (secondary N) is 1. The minimum absolute atomic E-state index is 0.859. The van der Waals surface area contributed by atoms with Gasteiger partial charge in [0.05, 0.1) is 18.7 Å². The van der Waals surface area contributed by atoms with Gasteiger partial charge in [-0.25, -0.2) is 9.97 Å². The molecule has 0 unspecified atom stereocenters. The van der Waals surface area contributed by atoms with Gasteiger partial charge in [-0.2, -0.15) is 0 Å². The van der Waals surface area contributed by atoms with Gasteiger partial charge in [-0.3, -0.25) is 4.90 Å². The predicted molar refractivity (Wildman–Crippen MR) is 87.6 cm³/mol. The van der Waals surface area contributed by atoms with Crippen molar-refractivity contribution in [2.45, 2.75) is 6.42 Å². The van der Waals surface area contributed by atoms with Crippen molar-refractivity contribution in [3.8, 4) is 0 Å². The Balaban J connectivity index is 1.56. The number of hydrogen-bond acceptors (Lipinski definition) is 5. The van der Waals surface area contributed by atoms with E-state index in [9.17, 15) is 0 Å². The molecule has 112 valence electrons. The van der Waals surface area contributed by atoms with Crippen LogP contribution in [0.5, 0.6) is 0 Å². The Hall–Kier alpha value is -1.24. The molecule has 1 aromatic carbocycles. The number of rotatable bonds is 5. The van der Waals surface area contributed by atoms with Gasteiger partial charge >= 0.3 is 0 Å². The van der Waals surface area contributed by atoms with Crippen LogP contribution in [0.4, 0.5) is 5.82 Å². The first kappa shape index (κ1) is 14.7. The molecular weight excluding hydrogens is 332 g/mol. The summed E-state index contributed by atoms with van der Waals surface area (Å²) in [4.78, 5) is 11.1. The Morgan fingerprint density at radius 2 is 2.10 bits per heavy atom. The summed E-state index contributed by atoms with van der Waals surface area (Å²) in [5.74, 6) is 0.906. The number of ether oxygens (including phenoxy) is 1. The standard InChI is InChI=1S/C15H19BrN4O/c16-12-2-3-14-13(10-12)15(19-11-18-14)17-4-1-5-20-6-8-21-9-7-20/h2-3,10-11H,1,4-9H2,(H,17,18,19). The molecule has 1 aliphatic rings. The molecular formula is C15H19BrN4O. The molecule has 0 radical (unpaired) electrons. The number of aromatic nitrogens is 2. The Kier molecular flexibility index (Phi) is 5.00. The Bertz CT molecular complexity index is 601. The molecule has 2 heterocycles. The summed E-state index contributed by atoms with van der Waals surface area (Å²) in [5.41, 5.74) is 0.962. The van der Waals surface area contributed by atoms with Gasteiger partial charge in [0.2, 0.25) is 0 Å². The fourth-order valence-electron chi connectivity index (χ4n) is 2.50. The number of nitrogens with zero attached hydrogens (tertiary/aromatic N) is 3. The molecule has 1 aliphatic heterocycles. The number of halogens is 1. The van der Waals surface area contributed by atoms with Crippen LogP contribution in [-0.4, -0.2) is 54.3 Å². The van der Waals surface area contributed by atoms with Crippen molar-refractivity contribution in [3.05, 3.63) is 29.0 Å². The Labute approximate surface area is 132 Å². The first-order chi connectivity index (χ1) is 10.3. The van der Waals surface area contributed by atoms with Gasteiger partial charge in [0.1, 0.15) is 12.1 Å². The second-order valence-corrected chi connectivity index (χ2v) is 6.03. The molecule has 0 aliphatic carbocycles. The minimum atomic E-state index is 0.859. The molecule has 1 N–H and O–H groups in total. The summed E-state index contributed by atoms with van der Waals surface area (Å²) in [5, 5.41) is 4.48. The van der Waals surface area contributed by atoms with E-state index in [1.165, 1.54) is 0 Å². The largest absolute Gasteiger partial charge is 0.379 e. The van der Waals surface area contributed by atoms with Crippen LogP contribution in [-0.2, 0) is 4.74 Å². The molecule has 1 fully saturated rings. The third kappa shape index (κ3) is 3.90. The van der Waals surface area contributed by atoms with Gasteiger partial charge in [-0.05, 0) is 31.2 Å². The lowest BCUT2D eigenvalue weighted by Crippen LogP contribution is -2.37. The minimum Gasteiger partial charge on any atom is -0.379 e. The number of fused-ring (bicyclic) bond motifs is 1. The van der Waals surface area contributed by atoms with Crippen LogP contribution in [0.25, 0.3) is 10.9 Å². The second kappa shape index (κ2) is 7.15. The van der Waals surface area contributed by atoms with Crippen molar-refractivity contribution in [2.75, 3.05) is 44.7 Å². The Morgan fingerprint density at radius 1 is 1.24 bits per heavy atom. The van der Waals surface area contributed by atoms with E-state index >= 15 is 0 Å². The maximum absolute atomic E-state index is 5.36. The van der Waals surface area contributed by atoms with E-state index in [1.807, 2.05) is 12.1 Å². The van der Waals surface area contributed by atoms with Crippen LogP contribution in [0.2, 0.25) is 0 Å². The fraction of sp³-hybridized carbons (Fsp3) is 0.467. The SMILES string of the molecule is Brc1ccc2ncnc(NCCCN3CCOCC3)c2c1. The zero-order valence-corrected chi connectivity index (χ0v) is 13.5. The molecule has 0 saturated carbocycles. The van der Waals surface area contributed by atoms with Crippen molar-refractivity contribution < 1.29 is 4.74 Å². The summed E-state index contributed by atoms with van der Waals surface area (Å²) < 4.78 is 6.40. The van der Waals surface area contributed by atoms with E-state index < -0.39 is 0 Å². The van der Waals surface area contributed by atoms with Gasteiger partial charge in [0, 0.05) is 29.5 Å². The molecule has 3 rings (SSSR count). The van der Waals surface area contributed by atoms with Crippen LogP contribution >= 0.6 is 15.9 Å². The average Bonchev–Trinajstić information content (AvgIpc) is 2.53. The normalized spacial score (nSPS) is 16.2. The van der Waals surface area contributed by atoms with Crippen molar-refractivity contribution in [1.29, 1.82) is 0 Å². The van der Waals surface area contributed by atoms with Crippen LogP contribution in [0, 0.1) is 0 Å². The van der Waals surface area contributed by atoms with Gasteiger partial charge in [0.25, 0.3) is 0 Å². The van der Waals surface area contributed by atoms with E-state index in [0.29, 0.717) is 0 Å². The average molecular weight is 351 g/mol. The number of morpholine rings is 1. The number of hydrogen-bond donors (Lipinski definition) is 1. The maximum Gasteiger partial charge on any atom is 0.137 e. The van der Waals surface area contributed by atoms with Crippen molar-refractivity contribution in [1.82, 2.24) is 14.9 Å². The molecule has 0 spiro atoms. The van der Waals surface area contributed by atoms with E-state index in [2.05, 4.69) is 42.2 Å². The van der Waals surface area contributed by atoms with E-state index in [-0.39, 0.29) is 0 Å². The van der Waals surface area contributed by atoms with E-state index in [4.69, 9.17) is 4.74 Å². The first-order valence-corrected chi connectivity index (χ1v) is 8.06. The highest BCUT2D eigenvalue weighted by Crippen LogP contribution is 2.23. The van der Waals surface area contributed by atoms with Crippen LogP contribution in [0.15, 0.2) is 29.0 Å². The molecule has 21 heavy (non-hydrogen) atoms. The fourth-order valence-corrected chi connectivity index (χ4v) is 2.87. The molecule has 0 bridgehead atoms. The number of benzene rings is 1. The van der Waals surface area contributed by atoms with Gasteiger partial charge in [-0.1, -0.05) is 15.9 Å². The lowest BCUT2D eigenvalue weighted by Gasteiger charge is -2.26. The summed E-state index contributed by atoms with van der Waals surface area (Å²) in [6.45, 7) is 5.82. The highest BCUT2D eigenvalue weighted by Gasteiger charge is 2.09. The van der Waals surface area contributed by atoms with Crippen LogP contribution < -0.4 is 5.32 Å². The van der Waals surface area contributed by atoms with Gasteiger partial charge in [0.15, 0.2) is 0 Å². The lowest BCUT2D eigenvalue weighted by atomic mass is 10.2. The molecule has 0 amide bonds. The molecule has 1 aromatic heterocycles. The van der Waals surface area contributed by atoms with Gasteiger partial charge < -0.3 is 10.1 Å². The number of anilines is 1. The van der Waals surface area contributed by atoms with Crippen LogP contribution in [0.1, 0.15) is 6.42 Å².